The van der Waals surface area contributed by atoms with Gasteiger partial charge in [0.1, 0.15) is 5.54 Å². The number of carboxylic acid groups (broad SMARTS) is 1. The molecule has 1 aliphatic heterocycles. The predicted octanol–water partition coefficient (Wildman–Crippen LogP) is 2.03. The molecule has 1 aromatic rings. The summed E-state index contributed by atoms with van der Waals surface area (Å²) in [7, 11) is 0. The van der Waals surface area contributed by atoms with Crippen LogP contribution in [-0.4, -0.2) is 40.6 Å². The largest absolute Gasteiger partial charge is 0.480 e. The smallest absolute Gasteiger partial charge is 0.324 e. The quantitative estimate of drug-likeness (QED) is 0.870. The summed E-state index contributed by atoms with van der Waals surface area (Å²) >= 11 is 0. The van der Waals surface area contributed by atoms with Crippen LogP contribution in [0.4, 0.5) is 0 Å². The van der Waals surface area contributed by atoms with Crippen LogP contribution in [0.5, 0.6) is 0 Å². The molecule has 1 aliphatic carbocycles. The maximum Gasteiger partial charge on any atom is 0.324 e. The van der Waals surface area contributed by atoms with Crippen molar-refractivity contribution < 1.29 is 9.90 Å². The molecule has 2 N–H and O–H groups in total. The van der Waals surface area contributed by atoms with E-state index < -0.39 is 11.5 Å². The number of nitrogens with zero attached hydrogens (tertiary/aromatic N) is 1. The summed E-state index contributed by atoms with van der Waals surface area (Å²) in [5, 5.41) is 12.9. The molecule has 114 valence electrons. The van der Waals surface area contributed by atoms with E-state index in [1.165, 1.54) is 11.1 Å². The van der Waals surface area contributed by atoms with Crippen molar-refractivity contribution in [2.24, 2.45) is 0 Å². The maximum atomic E-state index is 11.7. The van der Waals surface area contributed by atoms with Gasteiger partial charge >= 0.3 is 5.97 Å². The Morgan fingerprint density at radius 1 is 1.38 bits per heavy atom. The molecule has 4 nitrogen and oxygen atoms in total. The van der Waals surface area contributed by atoms with E-state index in [1.54, 1.807) is 0 Å². The number of nitrogens with one attached hydrogen (secondary N) is 1. The summed E-state index contributed by atoms with van der Waals surface area (Å²) in [5.41, 5.74) is 1.90. The number of aliphatic carboxylic acids is 1. The van der Waals surface area contributed by atoms with Gasteiger partial charge in [-0.25, -0.2) is 0 Å². The van der Waals surface area contributed by atoms with E-state index in [9.17, 15) is 9.90 Å². The second-order valence-corrected chi connectivity index (χ2v) is 6.64. The van der Waals surface area contributed by atoms with Crippen LogP contribution in [-0.2, 0) is 17.8 Å². The average molecular weight is 288 g/mol. The molecular weight excluding hydrogens is 264 g/mol. The molecule has 1 heterocycles. The van der Waals surface area contributed by atoms with Crippen molar-refractivity contribution in [3.05, 3.63) is 35.4 Å². The van der Waals surface area contributed by atoms with Crippen molar-refractivity contribution in [3.63, 3.8) is 0 Å². The number of aryl methyl sites for hydroxylation is 1. The number of carbonyl (C=O) groups is 1. The molecule has 1 atom stereocenters. The fourth-order valence-electron chi connectivity index (χ4n) is 3.20. The topological polar surface area (TPSA) is 52.6 Å². The SMILES string of the molecule is CC(CN1CCCc2ccccc2C1)(NC1CC1)C(=O)O. The Kier molecular flexibility index (Phi) is 4.00. The van der Waals surface area contributed by atoms with Gasteiger partial charge in [0.15, 0.2) is 0 Å². The molecule has 2 aliphatic rings. The highest BCUT2D eigenvalue weighted by atomic mass is 16.4. The first-order valence-corrected chi connectivity index (χ1v) is 7.87. The van der Waals surface area contributed by atoms with E-state index in [2.05, 4.69) is 34.5 Å². The van der Waals surface area contributed by atoms with Crippen molar-refractivity contribution in [1.29, 1.82) is 0 Å². The van der Waals surface area contributed by atoms with E-state index in [0.29, 0.717) is 12.6 Å². The molecule has 0 saturated heterocycles. The van der Waals surface area contributed by atoms with Crippen molar-refractivity contribution in [1.82, 2.24) is 10.2 Å². The molecule has 1 aromatic carbocycles. The highest BCUT2D eigenvalue weighted by Gasteiger charge is 2.40. The second kappa shape index (κ2) is 5.78. The lowest BCUT2D eigenvalue weighted by Gasteiger charge is -2.33. The molecule has 1 saturated carbocycles. The molecular formula is C17H24N2O2. The van der Waals surface area contributed by atoms with Gasteiger partial charge in [0, 0.05) is 19.1 Å². The normalized spacial score (nSPS) is 22.1. The van der Waals surface area contributed by atoms with Crippen LogP contribution in [0.3, 0.4) is 0 Å². The van der Waals surface area contributed by atoms with Gasteiger partial charge in [-0.3, -0.25) is 15.0 Å². The molecule has 1 fully saturated rings. The Morgan fingerprint density at radius 3 is 2.76 bits per heavy atom. The minimum absolute atomic E-state index is 0.394. The zero-order chi connectivity index (χ0) is 14.9. The van der Waals surface area contributed by atoms with Gasteiger partial charge in [0.05, 0.1) is 0 Å². The van der Waals surface area contributed by atoms with Crippen LogP contribution in [0.25, 0.3) is 0 Å². The van der Waals surface area contributed by atoms with Gasteiger partial charge in [0.2, 0.25) is 0 Å². The van der Waals surface area contributed by atoms with Crippen LogP contribution in [0, 0.1) is 0 Å². The Bertz CT molecular complexity index is 527. The second-order valence-electron chi connectivity index (χ2n) is 6.64. The summed E-state index contributed by atoms with van der Waals surface area (Å²) < 4.78 is 0. The van der Waals surface area contributed by atoms with Crippen LogP contribution in [0.2, 0.25) is 0 Å². The lowest BCUT2D eigenvalue weighted by molar-refractivity contribution is -0.145. The molecule has 0 radical (unpaired) electrons. The molecule has 0 bridgehead atoms. The van der Waals surface area contributed by atoms with Crippen molar-refractivity contribution in [2.75, 3.05) is 13.1 Å². The fraction of sp³-hybridized carbons (Fsp3) is 0.588. The Labute approximate surface area is 126 Å². The summed E-state index contributed by atoms with van der Waals surface area (Å²) in [6.07, 6.45) is 4.39. The van der Waals surface area contributed by atoms with E-state index in [-0.39, 0.29) is 0 Å². The molecule has 0 amide bonds. The van der Waals surface area contributed by atoms with E-state index in [4.69, 9.17) is 0 Å². The number of hydrogen-bond donors (Lipinski definition) is 2. The zero-order valence-electron chi connectivity index (χ0n) is 12.6. The van der Waals surface area contributed by atoms with Crippen molar-refractivity contribution >= 4 is 5.97 Å². The van der Waals surface area contributed by atoms with Gasteiger partial charge in [-0.05, 0) is 50.3 Å². The third-order valence-corrected chi connectivity index (χ3v) is 4.54. The minimum Gasteiger partial charge on any atom is -0.480 e. The molecule has 21 heavy (non-hydrogen) atoms. The fourth-order valence-corrected chi connectivity index (χ4v) is 3.20. The molecule has 0 aromatic heterocycles. The first-order chi connectivity index (χ1) is 10.1. The van der Waals surface area contributed by atoms with Gasteiger partial charge < -0.3 is 5.11 Å². The Morgan fingerprint density at radius 2 is 2.10 bits per heavy atom. The van der Waals surface area contributed by atoms with Gasteiger partial charge in [-0.15, -0.1) is 0 Å². The van der Waals surface area contributed by atoms with Crippen LogP contribution in [0.1, 0.15) is 37.3 Å². The van der Waals surface area contributed by atoms with E-state index in [1.807, 2.05) is 6.92 Å². The molecule has 1 unspecified atom stereocenters. The molecule has 4 heteroatoms. The zero-order valence-corrected chi connectivity index (χ0v) is 12.6. The number of carboxylic acids is 1. The van der Waals surface area contributed by atoms with Gasteiger partial charge in [-0.2, -0.15) is 0 Å². The van der Waals surface area contributed by atoms with Crippen LogP contribution >= 0.6 is 0 Å². The monoisotopic (exact) mass is 288 g/mol. The first-order valence-electron chi connectivity index (χ1n) is 7.87. The van der Waals surface area contributed by atoms with Crippen molar-refractivity contribution in [2.45, 2.75) is 50.7 Å². The minimum atomic E-state index is -0.847. The van der Waals surface area contributed by atoms with Crippen LogP contribution < -0.4 is 5.32 Å². The summed E-state index contributed by atoms with van der Waals surface area (Å²) in [5.74, 6) is -0.744. The van der Waals surface area contributed by atoms with Crippen molar-refractivity contribution in [3.8, 4) is 0 Å². The van der Waals surface area contributed by atoms with E-state index >= 15 is 0 Å². The van der Waals surface area contributed by atoms with Gasteiger partial charge in [0.25, 0.3) is 0 Å². The lowest BCUT2D eigenvalue weighted by atomic mass is 10.0. The third kappa shape index (κ3) is 3.44. The number of hydrogen-bond acceptors (Lipinski definition) is 3. The summed E-state index contributed by atoms with van der Waals surface area (Å²) in [4.78, 5) is 14.0. The van der Waals surface area contributed by atoms with E-state index in [0.717, 1.165) is 38.8 Å². The van der Waals surface area contributed by atoms with Gasteiger partial charge in [-0.1, -0.05) is 24.3 Å². The predicted molar refractivity (Wildman–Crippen MR) is 82.2 cm³/mol. The highest BCUT2D eigenvalue weighted by molar-refractivity contribution is 5.78. The first kappa shape index (κ1) is 14.5. The number of rotatable bonds is 5. The summed E-state index contributed by atoms with van der Waals surface area (Å²) in [6, 6.07) is 8.91. The standard InChI is InChI=1S/C17H24N2O2/c1-17(16(20)21,18-15-8-9-15)12-19-10-4-7-13-5-2-3-6-14(13)11-19/h2-3,5-6,15,18H,4,7-12H2,1H3,(H,20,21). The number of fused-ring (bicyclic) bond motifs is 1. The van der Waals surface area contributed by atoms with Crippen LogP contribution in [0.15, 0.2) is 24.3 Å². The number of benzene rings is 1. The average Bonchev–Trinajstić information content (AvgIpc) is 3.25. The molecule has 0 spiro atoms. The maximum absolute atomic E-state index is 11.7. The third-order valence-electron chi connectivity index (χ3n) is 4.54. The Hall–Kier alpha value is -1.39. The lowest BCUT2D eigenvalue weighted by Crippen LogP contribution is -2.57. The molecule has 3 rings (SSSR count). The Balaban J connectivity index is 1.72. The summed E-state index contributed by atoms with van der Waals surface area (Å²) in [6.45, 7) is 4.20. The highest BCUT2D eigenvalue weighted by Crippen LogP contribution is 2.25.